The Kier molecular flexibility index (Phi) is 2.91. The van der Waals surface area contributed by atoms with Crippen LogP contribution in [0.25, 0.3) is 0 Å². The van der Waals surface area contributed by atoms with Crippen LogP contribution in [0.15, 0.2) is 30.5 Å². The van der Waals surface area contributed by atoms with Crippen LogP contribution in [0.4, 0.5) is 10.1 Å². The molecule has 1 aromatic carbocycles. The van der Waals surface area contributed by atoms with Gasteiger partial charge in [0.25, 0.3) is 5.91 Å². The van der Waals surface area contributed by atoms with E-state index in [0.29, 0.717) is 16.9 Å². The molecule has 88 valence electrons. The van der Waals surface area contributed by atoms with Gasteiger partial charge in [-0.3, -0.25) is 9.89 Å². The summed E-state index contributed by atoms with van der Waals surface area (Å²) in [6, 6.07) is 5.89. The number of anilines is 1. The first-order chi connectivity index (χ1) is 8.09. The van der Waals surface area contributed by atoms with Crippen LogP contribution in [-0.2, 0) is 0 Å². The summed E-state index contributed by atoms with van der Waals surface area (Å²) in [7, 11) is 1.60. The molecule has 0 fully saturated rings. The van der Waals surface area contributed by atoms with Crippen molar-refractivity contribution in [3.8, 4) is 0 Å². The number of hydrogen-bond donors (Lipinski definition) is 1. The highest BCUT2D eigenvalue weighted by molar-refractivity contribution is 6.06. The number of amides is 1. The maximum absolute atomic E-state index is 13.1. The molecule has 2 aromatic rings. The van der Waals surface area contributed by atoms with Crippen LogP contribution in [0, 0.1) is 12.7 Å². The first-order valence-corrected chi connectivity index (χ1v) is 5.13. The standard InChI is InChI=1S/C12H12FN3O/c1-8-11(7-14-15-8)12(17)16(2)10-5-3-4-9(13)6-10/h3-7H,1-2H3,(H,14,15). The summed E-state index contributed by atoms with van der Waals surface area (Å²) in [4.78, 5) is 13.5. The SMILES string of the molecule is Cc1[nH]ncc1C(=O)N(C)c1cccc(F)c1. The molecule has 0 aliphatic carbocycles. The van der Waals surface area contributed by atoms with E-state index in [-0.39, 0.29) is 11.7 Å². The largest absolute Gasteiger partial charge is 0.311 e. The molecule has 1 amide bonds. The Morgan fingerprint density at radius 1 is 1.47 bits per heavy atom. The van der Waals surface area contributed by atoms with Crippen molar-refractivity contribution in [2.75, 3.05) is 11.9 Å². The highest BCUT2D eigenvalue weighted by atomic mass is 19.1. The molecule has 17 heavy (non-hydrogen) atoms. The topological polar surface area (TPSA) is 49.0 Å². The lowest BCUT2D eigenvalue weighted by molar-refractivity contribution is 0.0992. The van der Waals surface area contributed by atoms with Crippen molar-refractivity contribution in [3.05, 3.63) is 47.5 Å². The molecule has 0 atom stereocenters. The van der Waals surface area contributed by atoms with Gasteiger partial charge < -0.3 is 4.90 Å². The van der Waals surface area contributed by atoms with Gasteiger partial charge >= 0.3 is 0 Å². The Labute approximate surface area is 98.1 Å². The van der Waals surface area contributed by atoms with Crippen LogP contribution in [0.1, 0.15) is 16.1 Å². The number of aryl methyl sites for hydroxylation is 1. The predicted molar refractivity (Wildman–Crippen MR) is 62.5 cm³/mol. The van der Waals surface area contributed by atoms with Crippen molar-refractivity contribution in [3.63, 3.8) is 0 Å². The second kappa shape index (κ2) is 4.37. The maximum Gasteiger partial charge on any atom is 0.261 e. The van der Waals surface area contributed by atoms with Crippen LogP contribution in [0.3, 0.4) is 0 Å². The summed E-state index contributed by atoms with van der Waals surface area (Å²) < 4.78 is 13.1. The number of halogens is 1. The molecule has 2 rings (SSSR count). The molecule has 0 aliphatic heterocycles. The minimum absolute atomic E-state index is 0.221. The summed E-state index contributed by atoms with van der Waals surface area (Å²) in [6.07, 6.45) is 1.47. The van der Waals surface area contributed by atoms with Gasteiger partial charge in [-0.15, -0.1) is 0 Å². The molecule has 0 saturated heterocycles. The number of hydrogen-bond acceptors (Lipinski definition) is 2. The number of nitrogens with one attached hydrogen (secondary N) is 1. The highest BCUT2D eigenvalue weighted by Crippen LogP contribution is 2.17. The number of benzene rings is 1. The monoisotopic (exact) mass is 233 g/mol. The molecule has 1 aromatic heterocycles. The van der Waals surface area contributed by atoms with Crippen LogP contribution in [0.2, 0.25) is 0 Å². The van der Waals surface area contributed by atoms with Gasteiger partial charge in [0.15, 0.2) is 0 Å². The number of carbonyl (C=O) groups excluding carboxylic acids is 1. The van der Waals surface area contributed by atoms with E-state index < -0.39 is 0 Å². The van der Waals surface area contributed by atoms with Crippen molar-refractivity contribution in [1.82, 2.24) is 10.2 Å². The third-order valence-electron chi connectivity index (χ3n) is 2.56. The van der Waals surface area contributed by atoms with Crippen LogP contribution >= 0.6 is 0 Å². The summed E-state index contributed by atoms with van der Waals surface area (Å²) in [5, 5.41) is 6.49. The van der Waals surface area contributed by atoms with Gasteiger partial charge in [-0.25, -0.2) is 4.39 Å². The average Bonchev–Trinajstić information content (AvgIpc) is 2.73. The van der Waals surface area contributed by atoms with Gasteiger partial charge in [0.05, 0.1) is 11.8 Å². The second-order valence-electron chi connectivity index (χ2n) is 3.75. The fraction of sp³-hybridized carbons (Fsp3) is 0.167. The molecule has 0 unspecified atom stereocenters. The molecule has 5 heteroatoms. The van der Waals surface area contributed by atoms with Crippen molar-refractivity contribution in [1.29, 1.82) is 0 Å². The third kappa shape index (κ3) is 2.18. The third-order valence-corrected chi connectivity index (χ3v) is 2.56. The number of carbonyl (C=O) groups is 1. The molecule has 0 radical (unpaired) electrons. The van der Waals surface area contributed by atoms with Crippen molar-refractivity contribution < 1.29 is 9.18 Å². The summed E-state index contributed by atoms with van der Waals surface area (Å²) in [5.41, 5.74) is 1.69. The van der Waals surface area contributed by atoms with Crippen molar-refractivity contribution >= 4 is 11.6 Å². The zero-order valence-electron chi connectivity index (χ0n) is 9.57. The molecular formula is C12H12FN3O. The van der Waals surface area contributed by atoms with E-state index in [9.17, 15) is 9.18 Å². The molecule has 0 saturated carbocycles. The fourth-order valence-electron chi connectivity index (χ4n) is 1.55. The van der Waals surface area contributed by atoms with E-state index in [4.69, 9.17) is 0 Å². The number of aromatic amines is 1. The molecular weight excluding hydrogens is 221 g/mol. The summed E-state index contributed by atoms with van der Waals surface area (Å²) in [6.45, 7) is 1.76. The number of H-pyrrole nitrogens is 1. The molecule has 0 spiro atoms. The smallest absolute Gasteiger partial charge is 0.261 e. The van der Waals surface area contributed by atoms with E-state index in [2.05, 4.69) is 10.2 Å². The van der Waals surface area contributed by atoms with Crippen LogP contribution in [-0.4, -0.2) is 23.2 Å². The van der Waals surface area contributed by atoms with Crippen LogP contribution in [0.5, 0.6) is 0 Å². The molecule has 0 aliphatic rings. The molecule has 4 nitrogen and oxygen atoms in total. The van der Waals surface area contributed by atoms with Crippen molar-refractivity contribution in [2.24, 2.45) is 0 Å². The molecule has 1 N–H and O–H groups in total. The van der Waals surface area contributed by atoms with Gasteiger partial charge in [0.2, 0.25) is 0 Å². The number of aromatic nitrogens is 2. The van der Waals surface area contributed by atoms with Gasteiger partial charge in [0.1, 0.15) is 5.82 Å². The van der Waals surface area contributed by atoms with E-state index >= 15 is 0 Å². The van der Waals surface area contributed by atoms with E-state index in [0.717, 1.165) is 0 Å². The first kappa shape index (κ1) is 11.3. The minimum atomic E-state index is -0.369. The quantitative estimate of drug-likeness (QED) is 0.863. The van der Waals surface area contributed by atoms with Gasteiger partial charge in [-0.1, -0.05) is 6.07 Å². The lowest BCUT2D eigenvalue weighted by Gasteiger charge is -2.16. The Bertz CT molecular complexity index is 550. The van der Waals surface area contributed by atoms with Crippen molar-refractivity contribution in [2.45, 2.75) is 6.92 Å². The zero-order valence-corrected chi connectivity index (χ0v) is 9.57. The highest BCUT2D eigenvalue weighted by Gasteiger charge is 2.17. The Balaban J connectivity index is 2.30. The van der Waals surface area contributed by atoms with E-state index in [1.54, 1.807) is 26.1 Å². The van der Waals surface area contributed by atoms with Gasteiger partial charge in [-0.05, 0) is 25.1 Å². The second-order valence-corrected chi connectivity index (χ2v) is 3.75. The summed E-state index contributed by atoms with van der Waals surface area (Å²) in [5.74, 6) is -0.590. The molecule has 0 bridgehead atoms. The van der Waals surface area contributed by atoms with E-state index in [1.807, 2.05) is 0 Å². The Hall–Kier alpha value is -2.17. The lowest BCUT2D eigenvalue weighted by atomic mass is 10.2. The number of nitrogens with zero attached hydrogens (tertiary/aromatic N) is 2. The lowest BCUT2D eigenvalue weighted by Crippen LogP contribution is -2.26. The predicted octanol–water partition coefficient (Wildman–Crippen LogP) is 2.13. The average molecular weight is 233 g/mol. The zero-order chi connectivity index (χ0) is 12.4. The molecule has 1 heterocycles. The van der Waals surface area contributed by atoms with Crippen LogP contribution < -0.4 is 4.90 Å². The number of rotatable bonds is 2. The van der Waals surface area contributed by atoms with E-state index in [1.165, 1.54) is 23.2 Å². The fourth-order valence-corrected chi connectivity index (χ4v) is 1.55. The van der Waals surface area contributed by atoms with Gasteiger partial charge in [0, 0.05) is 18.4 Å². The maximum atomic E-state index is 13.1. The summed E-state index contributed by atoms with van der Waals surface area (Å²) >= 11 is 0. The Morgan fingerprint density at radius 2 is 2.24 bits per heavy atom. The minimum Gasteiger partial charge on any atom is -0.311 e. The van der Waals surface area contributed by atoms with Gasteiger partial charge in [-0.2, -0.15) is 5.10 Å². The Morgan fingerprint density at radius 3 is 2.82 bits per heavy atom. The first-order valence-electron chi connectivity index (χ1n) is 5.13. The normalized spacial score (nSPS) is 10.3.